The van der Waals surface area contributed by atoms with E-state index in [0.717, 1.165) is 89.9 Å². The normalized spacial score (nSPS) is 12.4. The molecule has 0 aromatic carbocycles. The van der Waals surface area contributed by atoms with Crippen LogP contribution in [0.3, 0.4) is 0 Å². The van der Waals surface area contributed by atoms with E-state index in [4.69, 9.17) is 14.2 Å². The minimum Gasteiger partial charge on any atom is -0.462 e. The third-order valence-corrected chi connectivity index (χ3v) is 13.0. The zero-order valence-electron chi connectivity index (χ0n) is 45.8. The predicted octanol–water partition coefficient (Wildman–Crippen LogP) is 20.0. The lowest BCUT2D eigenvalue weighted by molar-refractivity contribution is -0.167. The van der Waals surface area contributed by atoms with Gasteiger partial charge in [0, 0.05) is 19.3 Å². The molecule has 69 heavy (non-hydrogen) atoms. The summed E-state index contributed by atoms with van der Waals surface area (Å²) in [5.74, 6) is -0.894. The summed E-state index contributed by atoms with van der Waals surface area (Å²) in [4.78, 5) is 38.2. The van der Waals surface area contributed by atoms with E-state index < -0.39 is 6.10 Å². The van der Waals surface area contributed by atoms with Crippen molar-refractivity contribution in [3.8, 4) is 0 Å². The van der Waals surface area contributed by atoms with Gasteiger partial charge in [0.2, 0.25) is 0 Å². The molecule has 0 aliphatic rings. The van der Waals surface area contributed by atoms with Gasteiger partial charge in [0.1, 0.15) is 13.2 Å². The average Bonchev–Trinajstić information content (AvgIpc) is 3.35. The summed E-state index contributed by atoms with van der Waals surface area (Å²) < 4.78 is 16.9. The molecule has 0 aromatic rings. The van der Waals surface area contributed by atoms with E-state index in [9.17, 15) is 14.4 Å². The molecule has 0 amide bonds. The average molecular weight is 966 g/mol. The molecule has 1 unspecified atom stereocenters. The number of ether oxygens (including phenoxy) is 3. The number of rotatable bonds is 54. The highest BCUT2D eigenvalue weighted by Crippen LogP contribution is 2.15. The molecule has 0 fully saturated rings. The van der Waals surface area contributed by atoms with Crippen molar-refractivity contribution in [1.29, 1.82) is 0 Å². The van der Waals surface area contributed by atoms with Gasteiger partial charge in [0.15, 0.2) is 6.10 Å². The fourth-order valence-corrected chi connectivity index (χ4v) is 8.43. The van der Waals surface area contributed by atoms with Crippen molar-refractivity contribution in [2.45, 2.75) is 309 Å². The number of hydrogen-bond donors (Lipinski definition) is 0. The third-order valence-electron chi connectivity index (χ3n) is 13.0. The van der Waals surface area contributed by atoms with Crippen LogP contribution in [0, 0.1) is 0 Å². The highest BCUT2D eigenvalue weighted by Gasteiger charge is 2.19. The lowest BCUT2D eigenvalue weighted by atomic mass is 10.1. The van der Waals surface area contributed by atoms with E-state index in [1.54, 1.807) is 0 Å². The molecule has 6 nitrogen and oxygen atoms in total. The fourth-order valence-electron chi connectivity index (χ4n) is 8.43. The van der Waals surface area contributed by atoms with Crippen LogP contribution in [-0.4, -0.2) is 37.2 Å². The minimum atomic E-state index is -0.785. The Morgan fingerprint density at radius 1 is 0.290 bits per heavy atom. The van der Waals surface area contributed by atoms with Crippen LogP contribution in [0.5, 0.6) is 0 Å². The lowest BCUT2D eigenvalue weighted by Crippen LogP contribution is -2.30. The smallest absolute Gasteiger partial charge is 0.306 e. The maximum atomic E-state index is 12.9. The second kappa shape index (κ2) is 57.7. The van der Waals surface area contributed by atoms with Gasteiger partial charge in [0.25, 0.3) is 0 Å². The highest BCUT2D eigenvalue weighted by atomic mass is 16.6. The highest BCUT2D eigenvalue weighted by molar-refractivity contribution is 5.71. The predicted molar refractivity (Wildman–Crippen MR) is 298 cm³/mol. The number of unbranched alkanes of at least 4 members (excludes halogenated alkanes) is 33. The van der Waals surface area contributed by atoms with Gasteiger partial charge in [-0.25, -0.2) is 0 Å². The molecule has 0 saturated heterocycles. The second-order valence-electron chi connectivity index (χ2n) is 19.9. The Hall–Kier alpha value is -2.89. The van der Waals surface area contributed by atoms with Crippen LogP contribution in [0.2, 0.25) is 0 Å². The zero-order chi connectivity index (χ0) is 50.0. The first-order valence-electron chi connectivity index (χ1n) is 29.8. The SMILES string of the molecule is CCCC/C=C\C/C=C\CCCCCCCC(=O)OCC(COC(=O)CCCCCCCCCCC/C=C\CCCCCCCC)OC(=O)CCCCCCCCC/C=C\C/C=C\CCCCCC. The second-order valence-corrected chi connectivity index (χ2v) is 19.9. The summed E-state index contributed by atoms with van der Waals surface area (Å²) in [5.41, 5.74) is 0. The summed E-state index contributed by atoms with van der Waals surface area (Å²) in [6.07, 6.45) is 72.1. The van der Waals surface area contributed by atoms with Gasteiger partial charge in [-0.2, -0.15) is 0 Å². The van der Waals surface area contributed by atoms with Crippen LogP contribution in [0.4, 0.5) is 0 Å². The first-order valence-corrected chi connectivity index (χ1v) is 29.8. The van der Waals surface area contributed by atoms with E-state index in [1.165, 1.54) is 173 Å². The number of carbonyl (C=O) groups excluding carboxylic acids is 3. The van der Waals surface area contributed by atoms with Crippen molar-refractivity contribution in [1.82, 2.24) is 0 Å². The molecular weight excluding hydrogens is 853 g/mol. The van der Waals surface area contributed by atoms with Crippen LogP contribution in [-0.2, 0) is 28.6 Å². The van der Waals surface area contributed by atoms with Gasteiger partial charge in [-0.15, -0.1) is 0 Å². The number of carbonyl (C=O) groups is 3. The molecule has 0 rings (SSSR count). The standard InChI is InChI=1S/C63H112O6/c1-4-7-10-13-16-19-22-25-28-30-32-34-35-38-41-44-47-50-53-56-62(65)68-59-60(58-67-61(64)55-52-49-46-43-40-37-27-24-21-18-15-12-9-6-3)69-63(66)57-54-51-48-45-42-39-36-33-31-29-26-23-20-17-14-11-8-5-2/h15,18,20,23-25,27-29,31,60H,4-14,16-17,19,21-22,26,30,32-59H2,1-3H3/b18-15-,23-20-,27-24-,28-25-,31-29-. The Kier molecular flexibility index (Phi) is 55.3. The monoisotopic (exact) mass is 965 g/mol. The number of hydrogen-bond acceptors (Lipinski definition) is 6. The Labute approximate surface area is 428 Å². The maximum absolute atomic E-state index is 12.9. The summed E-state index contributed by atoms with van der Waals surface area (Å²) in [5, 5.41) is 0. The zero-order valence-corrected chi connectivity index (χ0v) is 45.8. The Bertz CT molecular complexity index is 1250. The quantitative estimate of drug-likeness (QED) is 0.0262. The molecule has 6 heteroatoms. The van der Waals surface area contributed by atoms with Gasteiger partial charge < -0.3 is 14.2 Å². The molecule has 0 heterocycles. The topological polar surface area (TPSA) is 78.9 Å². The summed E-state index contributed by atoms with van der Waals surface area (Å²) in [7, 11) is 0. The van der Waals surface area contributed by atoms with Crippen LogP contribution < -0.4 is 0 Å². The molecule has 0 aromatic heterocycles. The largest absolute Gasteiger partial charge is 0.462 e. The molecular formula is C63H112O6. The van der Waals surface area contributed by atoms with E-state index in [2.05, 4.69) is 81.5 Å². The van der Waals surface area contributed by atoms with Crippen molar-refractivity contribution in [3.63, 3.8) is 0 Å². The van der Waals surface area contributed by atoms with E-state index >= 15 is 0 Å². The first-order chi connectivity index (χ1) is 34.0. The van der Waals surface area contributed by atoms with E-state index in [1.807, 2.05) is 0 Å². The molecule has 400 valence electrons. The molecule has 0 aliphatic carbocycles. The van der Waals surface area contributed by atoms with Gasteiger partial charge in [-0.05, 0) is 103 Å². The molecule has 0 saturated carbocycles. The van der Waals surface area contributed by atoms with Crippen LogP contribution in [0.1, 0.15) is 303 Å². The van der Waals surface area contributed by atoms with E-state index in [-0.39, 0.29) is 31.1 Å². The van der Waals surface area contributed by atoms with E-state index in [0.29, 0.717) is 19.3 Å². The Morgan fingerprint density at radius 2 is 0.536 bits per heavy atom. The van der Waals surface area contributed by atoms with Crippen LogP contribution >= 0.6 is 0 Å². The summed E-state index contributed by atoms with van der Waals surface area (Å²) >= 11 is 0. The van der Waals surface area contributed by atoms with Gasteiger partial charge >= 0.3 is 17.9 Å². The maximum Gasteiger partial charge on any atom is 0.306 e. The van der Waals surface area contributed by atoms with Crippen LogP contribution in [0.25, 0.3) is 0 Å². The van der Waals surface area contributed by atoms with Crippen molar-refractivity contribution < 1.29 is 28.6 Å². The molecule has 0 radical (unpaired) electrons. The fraction of sp³-hybridized carbons (Fsp3) is 0.794. The van der Waals surface area contributed by atoms with Crippen molar-refractivity contribution in [2.24, 2.45) is 0 Å². The van der Waals surface area contributed by atoms with Crippen LogP contribution in [0.15, 0.2) is 60.8 Å². The van der Waals surface area contributed by atoms with Crippen molar-refractivity contribution >= 4 is 17.9 Å². The molecule has 0 spiro atoms. The van der Waals surface area contributed by atoms with Gasteiger partial charge in [0.05, 0.1) is 0 Å². The van der Waals surface area contributed by atoms with Gasteiger partial charge in [-0.1, -0.05) is 242 Å². The molecule has 1 atom stereocenters. The number of allylic oxidation sites excluding steroid dienone is 10. The van der Waals surface area contributed by atoms with Gasteiger partial charge in [-0.3, -0.25) is 14.4 Å². The minimum absolute atomic E-state index is 0.0820. The molecule has 0 bridgehead atoms. The lowest BCUT2D eigenvalue weighted by Gasteiger charge is -2.18. The Balaban J connectivity index is 4.38. The van der Waals surface area contributed by atoms with Crippen molar-refractivity contribution in [2.75, 3.05) is 13.2 Å². The number of esters is 3. The third kappa shape index (κ3) is 55.9. The summed E-state index contributed by atoms with van der Waals surface area (Å²) in [6.45, 7) is 6.59. The van der Waals surface area contributed by atoms with Crippen molar-refractivity contribution in [3.05, 3.63) is 60.8 Å². The Morgan fingerprint density at radius 3 is 0.870 bits per heavy atom. The first kappa shape index (κ1) is 66.1. The molecule has 0 aliphatic heterocycles. The summed E-state index contributed by atoms with van der Waals surface area (Å²) in [6, 6.07) is 0. The molecule has 0 N–H and O–H groups in total.